The molecule has 0 aliphatic heterocycles. The van der Waals surface area contributed by atoms with Gasteiger partial charge in [-0.2, -0.15) is 15.3 Å². The van der Waals surface area contributed by atoms with Gasteiger partial charge in [0.25, 0.3) is 0 Å². The number of anilines is 3. The lowest BCUT2D eigenvalue weighted by Gasteiger charge is -2.36. The second-order valence-electron chi connectivity index (χ2n) is 11.4. The van der Waals surface area contributed by atoms with E-state index in [0.29, 0.717) is 36.2 Å². The van der Waals surface area contributed by atoms with Crippen molar-refractivity contribution in [3.8, 4) is 17.2 Å². The normalized spacial score (nSPS) is 15.8. The largest absolute Gasteiger partial charge is 0.365 e. The van der Waals surface area contributed by atoms with E-state index in [4.69, 9.17) is 4.98 Å². The topological polar surface area (TPSA) is 137 Å². The molecule has 6 rings (SSSR count). The van der Waals surface area contributed by atoms with Crippen molar-refractivity contribution in [2.75, 3.05) is 15.5 Å². The number of carbonyl (C=O) groups is 1. The maximum Gasteiger partial charge on any atom is 0.323 e. The molecule has 1 saturated carbocycles. The minimum atomic E-state index is -0.175. The SMILES string of the molecule is Cn1cc(-c2ccc(N(C(=O)NCc3ccccc3)[C@H]3CC[C@H](Nc4ncc(C#N)c(NCc5ccccc5)n4)CC3)nc2)cn1. The number of aromatic nitrogens is 5. The van der Waals surface area contributed by atoms with Gasteiger partial charge in [-0.3, -0.25) is 9.58 Å². The Kier molecular flexibility index (Phi) is 9.44. The maximum absolute atomic E-state index is 13.7. The van der Waals surface area contributed by atoms with E-state index in [2.05, 4.69) is 37.1 Å². The summed E-state index contributed by atoms with van der Waals surface area (Å²) in [5.41, 5.74) is 4.43. The van der Waals surface area contributed by atoms with E-state index in [9.17, 15) is 10.1 Å². The number of hydrogen-bond acceptors (Lipinski definition) is 8. The number of nitrogens with zero attached hydrogens (tertiary/aromatic N) is 7. The Labute approximate surface area is 268 Å². The molecule has 2 aromatic carbocycles. The van der Waals surface area contributed by atoms with Crippen LogP contribution in [0.2, 0.25) is 0 Å². The number of aryl methyl sites for hydroxylation is 1. The summed E-state index contributed by atoms with van der Waals surface area (Å²) in [4.78, 5) is 29.3. The predicted octanol–water partition coefficient (Wildman–Crippen LogP) is 5.90. The Hall–Kier alpha value is -5.76. The molecule has 11 heteroatoms. The van der Waals surface area contributed by atoms with Crippen molar-refractivity contribution in [1.29, 1.82) is 5.26 Å². The molecule has 0 bridgehead atoms. The van der Waals surface area contributed by atoms with E-state index in [0.717, 1.165) is 47.9 Å². The zero-order valence-corrected chi connectivity index (χ0v) is 25.7. The van der Waals surface area contributed by atoms with Crippen molar-refractivity contribution in [1.82, 2.24) is 30.0 Å². The van der Waals surface area contributed by atoms with Gasteiger partial charge in [0.05, 0.1) is 12.4 Å². The molecule has 1 aliphatic carbocycles. The number of carbonyl (C=O) groups excluding carboxylic acids is 1. The molecule has 3 N–H and O–H groups in total. The van der Waals surface area contributed by atoms with Crippen molar-refractivity contribution in [3.05, 3.63) is 114 Å². The minimum Gasteiger partial charge on any atom is -0.365 e. The van der Waals surface area contributed by atoms with E-state index in [1.165, 1.54) is 0 Å². The lowest BCUT2D eigenvalue weighted by molar-refractivity contribution is 0.240. The number of pyridine rings is 1. The first-order valence-corrected chi connectivity index (χ1v) is 15.4. The number of urea groups is 1. The third kappa shape index (κ3) is 7.47. The fourth-order valence-electron chi connectivity index (χ4n) is 5.70. The number of rotatable bonds is 10. The summed E-state index contributed by atoms with van der Waals surface area (Å²) in [6.07, 6.45) is 10.3. The van der Waals surface area contributed by atoms with E-state index in [1.807, 2.05) is 86.0 Å². The van der Waals surface area contributed by atoms with Crippen LogP contribution in [0.5, 0.6) is 0 Å². The summed E-state index contributed by atoms with van der Waals surface area (Å²) in [6, 6.07) is 25.8. The van der Waals surface area contributed by atoms with Gasteiger partial charge < -0.3 is 16.0 Å². The standard InChI is InChI=1S/C35H36N10O/c1-44-24-29(23-41-44)27-12-17-32(37-21-27)45(35(46)40-20-26-10-6-3-7-11-26)31-15-13-30(14-16-31)42-34-39-22-28(18-36)33(43-34)38-19-25-8-4-2-5-9-25/h2-12,17,21-24,30-31H,13-16,19-20H2,1H3,(H,40,46)(H2,38,39,42,43)/t30-,31-. The molecule has 11 nitrogen and oxygen atoms in total. The van der Waals surface area contributed by atoms with Crippen LogP contribution in [0.3, 0.4) is 0 Å². The van der Waals surface area contributed by atoms with Crippen LogP contribution in [-0.4, -0.2) is 42.8 Å². The molecule has 46 heavy (non-hydrogen) atoms. The summed E-state index contributed by atoms with van der Waals surface area (Å²) in [5, 5.41) is 23.7. The van der Waals surface area contributed by atoms with Crippen LogP contribution in [0.4, 0.5) is 22.4 Å². The lowest BCUT2D eigenvalue weighted by atomic mass is 9.90. The fraction of sp³-hybridized carbons (Fsp3) is 0.257. The first-order valence-electron chi connectivity index (χ1n) is 15.4. The molecular weight excluding hydrogens is 576 g/mol. The van der Waals surface area contributed by atoms with Crippen molar-refractivity contribution >= 4 is 23.6 Å². The van der Waals surface area contributed by atoms with E-state index >= 15 is 0 Å². The minimum absolute atomic E-state index is 0.0319. The van der Waals surface area contributed by atoms with Gasteiger partial charge >= 0.3 is 6.03 Å². The Morgan fingerprint density at radius 2 is 1.61 bits per heavy atom. The van der Waals surface area contributed by atoms with Crippen LogP contribution < -0.4 is 20.9 Å². The quantitative estimate of drug-likeness (QED) is 0.177. The summed E-state index contributed by atoms with van der Waals surface area (Å²) in [7, 11) is 1.88. The zero-order chi connectivity index (χ0) is 31.7. The van der Waals surface area contributed by atoms with Gasteiger partial charge in [0.15, 0.2) is 0 Å². The molecule has 1 fully saturated rings. The third-order valence-corrected chi connectivity index (χ3v) is 8.15. The molecular formula is C35H36N10O. The number of nitrogens with one attached hydrogen (secondary N) is 3. The summed E-state index contributed by atoms with van der Waals surface area (Å²) in [6.45, 7) is 0.980. The highest BCUT2D eigenvalue weighted by atomic mass is 16.2. The molecule has 1 aliphatic rings. The Bertz CT molecular complexity index is 1780. The van der Waals surface area contributed by atoms with Gasteiger partial charge in [0, 0.05) is 55.7 Å². The first kappa shape index (κ1) is 30.3. The summed E-state index contributed by atoms with van der Waals surface area (Å²) in [5.74, 6) is 1.59. The number of nitriles is 1. The Morgan fingerprint density at radius 3 is 2.24 bits per heavy atom. The fourth-order valence-corrected chi connectivity index (χ4v) is 5.70. The van der Waals surface area contributed by atoms with Crippen LogP contribution in [0.15, 0.2) is 97.6 Å². The van der Waals surface area contributed by atoms with E-state index in [-0.39, 0.29) is 18.1 Å². The summed E-state index contributed by atoms with van der Waals surface area (Å²) < 4.78 is 1.75. The van der Waals surface area contributed by atoms with Crippen LogP contribution in [0, 0.1) is 11.3 Å². The second-order valence-corrected chi connectivity index (χ2v) is 11.4. The van der Waals surface area contributed by atoms with E-state index < -0.39 is 0 Å². The van der Waals surface area contributed by atoms with Crippen molar-refractivity contribution in [2.24, 2.45) is 7.05 Å². The highest BCUT2D eigenvalue weighted by Crippen LogP contribution is 2.30. The van der Waals surface area contributed by atoms with E-state index in [1.54, 1.807) is 28.2 Å². The molecule has 0 saturated heterocycles. The monoisotopic (exact) mass is 612 g/mol. The van der Waals surface area contributed by atoms with Crippen LogP contribution in [0.1, 0.15) is 42.4 Å². The first-order chi connectivity index (χ1) is 22.6. The molecule has 2 amide bonds. The average molecular weight is 613 g/mol. The number of amides is 2. The zero-order valence-electron chi connectivity index (χ0n) is 25.7. The van der Waals surface area contributed by atoms with Crippen LogP contribution in [0.25, 0.3) is 11.1 Å². The molecule has 0 radical (unpaired) electrons. The lowest BCUT2D eigenvalue weighted by Crippen LogP contribution is -2.49. The Balaban J connectivity index is 1.13. The molecule has 0 atom stereocenters. The summed E-state index contributed by atoms with van der Waals surface area (Å²) >= 11 is 0. The maximum atomic E-state index is 13.7. The Morgan fingerprint density at radius 1 is 0.891 bits per heavy atom. The van der Waals surface area contributed by atoms with Gasteiger partial charge in [-0.05, 0) is 48.9 Å². The second kappa shape index (κ2) is 14.3. The van der Waals surface area contributed by atoms with Gasteiger partial charge in [-0.1, -0.05) is 60.7 Å². The van der Waals surface area contributed by atoms with Crippen molar-refractivity contribution in [3.63, 3.8) is 0 Å². The number of hydrogen-bond donors (Lipinski definition) is 3. The predicted molar refractivity (Wildman–Crippen MR) is 178 cm³/mol. The smallest absolute Gasteiger partial charge is 0.323 e. The van der Waals surface area contributed by atoms with Gasteiger partial charge in [0.2, 0.25) is 5.95 Å². The van der Waals surface area contributed by atoms with Gasteiger partial charge in [0.1, 0.15) is 23.3 Å². The molecule has 3 aromatic heterocycles. The van der Waals surface area contributed by atoms with Crippen LogP contribution >= 0.6 is 0 Å². The highest BCUT2D eigenvalue weighted by Gasteiger charge is 2.31. The van der Waals surface area contributed by atoms with Gasteiger partial charge in [-0.15, -0.1) is 0 Å². The van der Waals surface area contributed by atoms with Gasteiger partial charge in [-0.25, -0.2) is 14.8 Å². The molecule has 0 spiro atoms. The molecule has 232 valence electrons. The number of benzene rings is 2. The van der Waals surface area contributed by atoms with Crippen LogP contribution in [-0.2, 0) is 20.1 Å². The molecule has 0 unspecified atom stereocenters. The third-order valence-electron chi connectivity index (χ3n) is 8.15. The van der Waals surface area contributed by atoms with Crippen molar-refractivity contribution < 1.29 is 4.79 Å². The molecule has 5 aromatic rings. The highest BCUT2D eigenvalue weighted by molar-refractivity contribution is 5.91. The molecule has 3 heterocycles. The average Bonchev–Trinajstić information content (AvgIpc) is 3.54. The van der Waals surface area contributed by atoms with Crippen molar-refractivity contribution in [2.45, 2.75) is 50.9 Å².